The highest BCUT2D eigenvalue weighted by Gasteiger charge is 2.23. The van der Waals surface area contributed by atoms with Crippen molar-refractivity contribution in [1.29, 1.82) is 0 Å². The Morgan fingerprint density at radius 3 is 2.82 bits per heavy atom. The van der Waals surface area contributed by atoms with E-state index < -0.39 is 0 Å². The lowest BCUT2D eigenvalue weighted by molar-refractivity contribution is 0.438. The van der Waals surface area contributed by atoms with Crippen molar-refractivity contribution in [3.8, 4) is 0 Å². The highest BCUT2D eigenvalue weighted by atomic mass is 79.9. The molecule has 0 saturated carbocycles. The largest absolute Gasteiger partial charge is 0.334 e. The monoisotopic (exact) mass is 316 g/mol. The summed E-state index contributed by atoms with van der Waals surface area (Å²) < 4.78 is 13.6. The molecule has 0 amide bonds. The maximum absolute atomic E-state index is 12.9. The molecule has 0 atom stereocenters. The molecule has 0 saturated heterocycles. The van der Waals surface area contributed by atoms with Gasteiger partial charge in [0.05, 0.1) is 5.69 Å². The smallest absolute Gasteiger partial charge is 0.161 e. The molecule has 1 N–H and O–H groups in total. The molecule has 17 heavy (non-hydrogen) atoms. The molecule has 1 heterocycles. The van der Waals surface area contributed by atoms with Crippen LogP contribution >= 0.6 is 27.7 Å². The zero-order valence-electron chi connectivity index (χ0n) is 9.76. The van der Waals surface area contributed by atoms with E-state index in [4.69, 9.17) is 0 Å². The normalized spacial score (nSPS) is 18.7. The molecule has 0 radical (unpaired) electrons. The van der Waals surface area contributed by atoms with Crippen LogP contribution in [0.1, 0.15) is 13.8 Å². The van der Waals surface area contributed by atoms with Crippen LogP contribution in [0, 0.1) is 11.2 Å². The second-order valence-corrected chi connectivity index (χ2v) is 6.64. The van der Waals surface area contributed by atoms with E-state index in [-0.39, 0.29) is 11.2 Å². The lowest BCUT2D eigenvalue weighted by Crippen LogP contribution is -2.27. The van der Waals surface area contributed by atoms with Crippen molar-refractivity contribution in [3.05, 3.63) is 28.5 Å². The van der Waals surface area contributed by atoms with E-state index in [1.807, 2.05) is 0 Å². The van der Waals surface area contributed by atoms with Crippen molar-refractivity contribution in [1.82, 2.24) is 0 Å². The molecule has 92 valence electrons. The summed E-state index contributed by atoms with van der Waals surface area (Å²) in [4.78, 5) is 4.49. The summed E-state index contributed by atoms with van der Waals surface area (Å²) in [5.74, 6) is 0.791. The quantitative estimate of drug-likeness (QED) is 0.842. The molecule has 0 fully saturated rings. The van der Waals surface area contributed by atoms with Gasteiger partial charge in [-0.05, 0) is 39.5 Å². The van der Waals surface area contributed by atoms with Crippen LogP contribution in [0.2, 0.25) is 0 Å². The van der Waals surface area contributed by atoms with Gasteiger partial charge in [0.1, 0.15) is 5.82 Å². The summed E-state index contributed by atoms with van der Waals surface area (Å²) in [5.41, 5.74) is 1.10. The molecule has 1 aromatic carbocycles. The Labute approximate surface area is 113 Å². The number of anilines is 1. The minimum absolute atomic E-state index is 0.248. The Morgan fingerprint density at radius 2 is 2.24 bits per heavy atom. The van der Waals surface area contributed by atoms with Crippen LogP contribution in [0.3, 0.4) is 0 Å². The topological polar surface area (TPSA) is 24.4 Å². The molecule has 0 bridgehead atoms. The van der Waals surface area contributed by atoms with Gasteiger partial charge < -0.3 is 5.32 Å². The molecule has 1 aliphatic heterocycles. The Morgan fingerprint density at radius 1 is 1.47 bits per heavy atom. The van der Waals surface area contributed by atoms with Gasteiger partial charge in [0.15, 0.2) is 5.17 Å². The second-order valence-electron chi connectivity index (χ2n) is 4.82. The maximum Gasteiger partial charge on any atom is 0.161 e. The molecule has 1 aromatic rings. The first-order valence-electron chi connectivity index (χ1n) is 5.36. The second kappa shape index (κ2) is 4.98. The van der Waals surface area contributed by atoms with Crippen LogP contribution in [0.4, 0.5) is 10.1 Å². The van der Waals surface area contributed by atoms with Crippen molar-refractivity contribution in [2.24, 2.45) is 10.4 Å². The maximum atomic E-state index is 12.9. The molecular formula is C12H14BrFN2S. The number of aliphatic imine (C=N–C) groups is 1. The Bertz CT molecular complexity index is 460. The first-order chi connectivity index (χ1) is 7.96. The lowest BCUT2D eigenvalue weighted by atomic mass is 9.97. The standard InChI is InChI=1S/C12H14BrFN2S/c1-12(2)6-15-11(17-7-12)16-10-4-3-8(14)5-9(10)13/h3-5H,6-7H2,1-2H3,(H,15,16). The molecule has 0 aliphatic carbocycles. The SMILES string of the molecule is CC1(C)CN=C(Nc2ccc(F)cc2Br)SC1. The molecule has 1 aliphatic rings. The first kappa shape index (κ1) is 12.9. The van der Waals surface area contributed by atoms with Gasteiger partial charge in [-0.15, -0.1) is 0 Å². The van der Waals surface area contributed by atoms with Gasteiger partial charge in [0, 0.05) is 16.8 Å². The zero-order valence-corrected chi connectivity index (χ0v) is 12.2. The summed E-state index contributed by atoms with van der Waals surface area (Å²) >= 11 is 5.03. The van der Waals surface area contributed by atoms with Crippen LogP contribution < -0.4 is 5.32 Å². The number of benzene rings is 1. The van der Waals surface area contributed by atoms with Crippen LogP contribution in [0.15, 0.2) is 27.7 Å². The van der Waals surface area contributed by atoms with E-state index in [1.165, 1.54) is 12.1 Å². The van der Waals surface area contributed by atoms with E-state index in [9.17, 15) is 4.39 Å². The van der Waals surface area contributed by atoms with Gasteiger partial charge in [-0.2, -0.15) is 0 Å². The van der Waals surface area contributed by atoms with Gasteiger partial charge in [0.25, 0.3) is 0 Å². The van der Waals surface area contributed by atoms with E-state index in [0.29, 0.717) is 4.47 Å². The number of amidine groups is 1. The van der Waals surface area contributed by atoms with E-state index in [2.05, 4.69) is 40.1 Å². The molecular weight excluding hydrogens is 303 g/mol. The van der Waals surface area contributed by atoms with Crippen molar-refractivity contribution < 1.29 is 4.39 Å². The van der Waals surface area contributed by atoms with Crippen molar-refractivity contribution in [2.45, 2.75) is 13.8 Å². The van der Waals surface area contributed by atoms with E-state index in [0.717, 1.165) is 23.2 Å². The average molecular weight is 317 g/mol. The third-order valence-electron chi connectivity index (χ3n) is 2.42. The first-order valence-corrected chi connectivity index (χ1v) is 7.13. The van der Waals surface area contributed by atoms with Crippen LogP contribution in [-0.4, -0.2) is 17.5 Å². The van der Waals surface area contributed by atoms with E-state index in [1.54, 1.807) is 17.8 Å². The van der Waals surface area contributed by atoms with Crippen molar-refractivity contribution in [2.75, 3.05) is 17.6 Å². The molecule has 5 heteroatoms. The molecule has 0 spiro atoms. The van der Waals surface area contributed by atoms with Crippen LogP contribution in [0.5, 0.6) is 0 Å². The Hall–Kier alpha value is -0.550. The number of hydrogen-bond acceptors (Lipinski definition) is 3. The van der Waals surface area contributed by atoms with Gasteiger partial charge in [-0.25, -0.2) is 4.39 Å². The highest BCUT2D eigenvalue weighted by molar-refractivity contribution is 9.10. The fourth-order valence-electron chi connectivity index (χ4n) is 1.42. The van der Waals surface area contributed by atoms with Crippen molar-refractivity contribution in [3.63, 3.8) is 0 Å². The fourth-order valence-corrected chi connectivity index (χ4v) is 2.83. The molecule has 2 rings (SSSR count). The van der Waals surface area contributed by atoms with Crippen LogP contribution in [-0.2, 0) is 0 Å². The van der Waals surface area contributed by atoms with Crippen molar-refractivity contribution >= 4 is 38.5 Å². The summed E-state index contributed by atoms with van der Waals surface area (Å²) in [6, 6.07) is 4.59. The van der Waals surface area contributed by atoms with Gasteiger partial charge in [-0.3, -0.25) is 4.99 Å². The highest BCUT2D eigenvalue weighted by Crippen LogP contribution is 2.30. The fraction of sp³-hybridized carbons (Fsp3) is 0.417. The third-order valence-corrected chi connectivity index (χ3v) is 4.51. The number of nitrogens with one attached hydrogen (secondary N) is 1. The number of rotatable bonds is 1. The van der Waals surface area contributed by atoms with E-state index >= 15 is 0 Å². The minimum Gasteiger partial charge on any atom is -0.334 e. The minimum atomic E-state index is -0.248. The predicted octanol–water partition coefficient (Wildman–Crippen LogP) is 4.13. The molecule has 2 nitrogen and oxygen atoms in total. The number of halogens is 2. The summed E-state index contributed by atoms with van der Waals surface area (Å²) in [5, 5.41) is 4.11. The summed E-state index contributed by atoms with van der Waals surface area (Å²) in [6.07, 6.45) is 0. The zero-order chi connectivity index (χ0) is 12.5. The number of thioether (sulfide) groups is 1. The van der Waals surface area contributed by atoms with Crippen LogP contribution in [0.25, 0.3) is 0 Å². The number of hydrogen-bond donors (Lipinski definition) is 1. The Balaban J connectivity index is 2.09. The lowest BCUT2D eigenvalue weighted by Gasteiger charge is -2.27. The predicted molar refractivity (Wildman–Crippen MR) is 76.3 cm³/mol. The van der Waals surface area contributed by atoms with Gasteiger partial charge >= 0.3 is 0 Å². The number of nitrogens with zero attached hydrogens (tertiary/aromatic N) is 1. The van der Waals surface area contributed by atoms with Gasteiger partial charge in [-0.1, -0.05) is 25.6 Å². The third kappa shape index (κ3) is 3.45. The summed E-state index contributed by atoms with van der Waals surface area (Å²) in [6.45, 7) is 5.23. The average Bonchev–Trinajstić information content (AvgIpc) is 2.25. The molecule has 0 unspecified atom stereocenters. The summed E-state index contributed by atoms with van der Waals surface area (Å²) in [7, 11) is 0. The van der Waals surface area contributed by atoms with Gasteiger partial charge in [0.2, 0.25) is 0 Å². The molecule has 0 aromatic heterocycles. The Kier molecular flexibility index (Phi) is 3.78.